The van der Waals surface area contributed by atoms with Gasteiger partial charge in [-0.05, 0) is 78.7 Å². The molecule has 0 aromatic heterocycles. The number of aliphatic hydroxyl groups is 1. The summed E-state index contributed by atoms with van der Waals surface area (Å²) >= 11 is 0. The molecule has 0 aliphatic carbocycles. The minimum Gasteiger partial charge on any atom is -0.392 e. The molecule has 320 valence electrons. The molecule has 3 atom stereocenters. The van der Waals surface area contributed by atoms with Gasteiger partial charge in [-0.1, -0.05) is 152 Å². The van der Waals surface area contributed by atoms with Gasteiger partial charge in [0.1, 0.15) is 0 Å². The van der Waals surface area contributed by atoms with Crippen LogP contribution < -0.4 is 10.8 Å². The van der Waals surface area contributed by atoms with Crippen LogP contribution in [0.15, 0.2) is 72.8 Å². The van der Waals surface area contributed by atoms with Gasteiger partial charge in [0, 0.05) is 37.9 Å². The predicted molar refractivity (Wildman–Crippen MR) is 233 cm³/mol. The standard InChI is InChI=1S/C49H73N3O6/c1-3-5-7-9-13-17-31-52(32-18-14-10-8-6-4-2)37-45-35-46(41-29-27-39(38-53)28-30-41)58-49(57-45)44-24-20-23-43(34-44)42-22-19-21-40(33-42)36-50-47(54)25-15-11-12-16-26-48(55)51-56/h19-24,27-30,33-34,45-46,49,53,56H,3-18,25-26,31-32,35-38H2,1-2H3,(H,50,54)(H,51,55). The average molecular weight is 800 g/mol. The van der Waals surface area contributed by atoms with Gasteiger partial charge in [-0.15, -0.1) is 0 Å². The van der Waals surface area contributed by atoms with Crippen LogP contribution in [0.25, 0.3) is 11.1 Å². The lowest BCUT2D eigenvalue weighted by Gasteiger charge is -2.38. The summed E-state index contributed by atoms with van der Waals surface area (Å²) in [5.74, 6) is -0.360. The lowest BCUT2D eigenvalue weighted by atomic mass is 9.98. The van der Waals surface area contributed by atoms with E-state index in [1.54, 1.807) is 5.48 Å². The number of unbranched alkanes of at least 4 members (excludes halogenated alkanes) is 13. The van der Waals surface area contributed by atoms with Crippen LogP contribution in [0, 0.1) is 0 Å². The normalized spacial score (nSPS) is 16.7. The van der Waals surface area contributed by atoms with E-state index in [-0.39, 0.29) is 30.6 Å². The Kier molecular flexibility index (Phi) is 22.7. The molecule has 2 amide bonds. The number of hydrogen-bond acceptors (Lipinski definition) is 7. The molecule has 9 nitrogen and oxygen atoms in total. The van der Waals surface area contributed by atoms with E-state index in [0.717, 1.165) is 78.7 Å². The molecule has 1 saturated heterocycles. The number of rotatable bonds is 29. The monoisotopic (exact) mass is 800 g/mol. The van der Waals surface area contributed by atoms with Gasteiger partial charge in [-0.25, -0.2) is 5.48 Å². The van der Waals surface area contributed by atoms with Crippen molar-refractivity contribution in [1.82, 2.24) is 15.7 Å². The molecule has 3 unspecified atom stereocenters. The molecule has 3 aromatic carbocycles. The fourth-order valence-electron chi connectivity index (χ4n) is 7.84. The molecule has 1 aliphatic rings. The number of benzene rings is 3. The first-order valence-electron chi connectivity index (χ1n) is 22.5. The Labute approximate surface area is 349 Å². The third-order valence-electron chi connectivity index (χ3n) is 11.3. The summed E-state index contributed by atoms with van der Waals surface area (Å²) in [5, 5.41) is 21.4. The molecule has 1 fully saturated rings. The quantitative estimate of drug-likeness (QED) is 0.0313. The van der Waals surface area contributed by atoms with Crippen LogP contribution in [-0.2, 0) is 32.2 Å². The van der Waals surface area contributed by atoms with Gasteiger partial charge in [-0.3, -0.25) is 14.8 Å². The molecular weight excluding hydrogens is 727 g/mol. The van der Waals surface area contributed by atoms with Crippen molar-refractivity contribution in [3.63, 3.8) is 0 Å². The van der Waals surface area contributed by atoms with E-state index in [4.69, 9.17) is 14.7 Å². The highest BCUT2D eigenvalue weighted by Crippen LogP contribution is 2.39. The van der Waals surface area contributed by atoms with Gasteiger partial charge in [0.25, 0.3) is 0 Å². The molecule has 4 N–H and O–H groups in total. The second kappa shape index (κ2) is 28.0. The Morgan fingerprint density at radius 3 is 1.88 bits per heavy atom. The highest BCUT2D eigenvalue weighted by Gasteiger charge is 2.33. The van der Waals surface area contributed by atoms with Crippen LogP contribution in [0.4, 0.5) is 0 Å². The first kappa shape index (κ1) is 47.1. The number of nitrogens with one attached hydrogen (secondary N) is 2. The second-order valence-corrected chi connectivity index (χ2v) is 16.2. The summed E-state index contributed by atoms with van der Waals surface area (Å²) in [5.41, 5.74) is 7.78. The van der Waals surface area contributed by atoms with E-state index < -0.39 is 6.29 Å². The van der Waals surface area contributed by atoms with Gasteiger partial charge < -0.3 is 24.8 Å². The molecule has 0 radical (unpaired) electrons. The zero-order valence-electron chi connectivity index (χ0n) is 35.6. The van der Waals surface area contributed by atoms with Crippen LogP contribution in [0.5, 0.6) is 0 Å². The van der Waals surface area contributed by atoms with E-state index in [1.165, 1.54) is 77.0 Å². The van der Waals surface area contributed by atoms with Crippen LogP contribution in [-0.4, -0.2) is 52.8 Å². The molecule has 9 heteroatoms. The average Bonchev–Trinajstić information content (AvgIpc) is 3.26. The van der Waals surface area contributed by atoms with Crippen molar-refractivity contribution < 1.29 is 29.4 Å². The van der Waals surface area contributed by atoms with Crippen molar-refractivity contribution in [2.24, 2.45) is 0 Å². The van der Waals surface area contributed by atoms with Crippen molar-refractivity contribution >= 4 is 11.8 Å². The van der Waals surface area contributed by atoms with Gasteiger partial charge in [0.15, 0.2) is 6.29 Å². The van der Waals surface area contributed by atoms with Gasteiger partial charge in [0.05, 0.1) is 18.8 Å². The van der Waals surface area contributed by atoms with E-state index in [2.05, 4.69) is 72.6 Å². The van der Waals surface area contributed by atoms with Crippen molar-refractivity contribution in [1.29, 1.82) is 0 Å². The number of hydrogen-bond donors (Lipinski definition) is 4. The lowest BCUT2D eigenvalue weighted by Crippen LogP contribution is -2.40. The first-order valence-corrected chi connectivity index (χ1v) is 22.5. The van der Waals surface area contributed by atoms with Crippen LogP contribution in [0.1, 0.15) is 170 Å². The number of carbonyl (C=O) groups is 2. The number of aliphatic hydroxyl groups excluding tert-OH is 1. The zero-order chi connectivity index (χ0) is 41.2. The van der Waals surface area contributed by atoms with E-state index in [0.29, 0.717) is 25.8 Å². The Morgan fingerprint density at radius 1 is 0.655 bits per heavy atom. The Morgan fingerprint density at radius 2 is 1.24 bits per heavy atom. The molecule has 4 rings (SSSR count). The summed E-state index contributed by atoms with van der Waals surface area (Å²) in [7, 11) is 0. The molecule has 0 bridgehead atoms. The van der Waals surface area contributed by atoms with Crippen LogP contribution >= 0.6 is 0 Å². The minimum atomic E-state index is -0.527. The third-order valence-corrected chi connectivity index (χ3v) is 11.3. The topological polar surface area (TPSA) is 120 Å². The number of hydroxylamine groups is 1. The molecule has 1 aliphatic heterocycles. The largest absolute Gasteiger partial charge is 0.392 e. The number of ether oxygens (including phenoxy) is 2. The predicted octanol–water partition coefficient (Wildman–Crippen LogP) is 10.9. The van der Waals surface area contributed by atoms with E-state index in [1.807, 2.05) is 24.3 Å². The molecule has 0 saturated carbocycles. The molecule has 1 heterocycles. The fraction of sp³-hybridized carbons (Fsp3) is 0.592. The Hall–Kier alpha value is -3.60. The van der Waals surface area contributed by atoms with Crippen molar-refractivity contribution in [3.8, 4) is 11.1 Å². The summed E-state index contributed by atoms with van der Waals surface area (Å²) in [6.45, 7) is 8.09. The molecular formula is C49H73N3O6. The second-order valence-electron chi connectivity index (χ2n) is 16.2. The number of amides is 2. The van der Waals surface area contributed by atoms with Crippen LogP contribution in [0.2, 0.25) is 0 Å². The van der Waals surface area contributed by atoms with Crippen LogP contribution in [0.3, 0.4) is 0 Å². The summed E-state index contributed by atoms with van der Waals surface area (Å²) in [6, 6.07) is 24.9. The molecule has 58 heavy (non-hydrogen) atoms. The smallest absolute Gasteiger partial charge is 0.243 e. The minimum absolute atomic E-state index is 0.00445. The van der Waals surface area contributed by atoms with Gasteiger partial charge in [0.2, 0.25) is 11.8 Å². The molecule has 3 aromatic rings. The fourth-order valence-corrected chi connectivity index (χ4v) is 7.84. The molecule has 0 spiro atoms. The van der Waals surface area contributed by atoms with Crippen molar-refractivity contribution in [2.75, 3.05) is 19.6 Å². The zero-order valence-corrected chi connectivity index (χ0v) is 35.6. The van der Waals surface area contributed by atoms with E-state index >= 15 is 0 Å². The summed E-state index contributed by atoms with van der Waals surface area (Å²) < 4.78 is 13.7. The highest BCUT2D eigenvalue weighted by molar-refractivity contribution is 5.76. The Bertz CT molecular complexity index is 1570. The first-order chi connectivity index (χ1) is 28.4. The maximum absolute atomic E-state index is 12.6. The van der Waals surface area contributed by atoms with E-state index in [9.17, 15) is 14.7 Å². The van der Waals surface area contributed by atoms with Gasteiger partial charge >= 0.3 is 0 Å². The van der Waals surface area contributed by atoms with Gasteiger partial charge in [-0.2, -0.15) is 0 Å². The van der Waals surface area contributed by atoms with Crippen molar-refractivity contribution in [3.05, 3.63) is 95.1 Å². The maximum Gasteiger partial charge on any atom is 0.243 e. The summed E-state index contributed by atoms with van der Waals surface area (Å²) in [6.07, 6.45) is 19.5. The maximum atomic E-state index is 12.6. The Balaban J connectivity index is 1.42. The third kappa shape index (κ3) is 17.7. The number of nitrogens with zero attached hydrogens (tertiary/aromatic N) is 1. The summed E-state index contributed by atoms with van der Waals surface area (Å²) in [4.78, 5) is 26.4. The highest BCUT2D eigenvalue weighted by atomic mass is 16.7. The lowest BCUT2D eigenvalue weighted by molar-refractivity contribution is -0.253. The number of carbonyl (C=O) groups excluding carboxylic acids is 2. The SMILES string of the molecule is CCCCCCCCN(CCCCCCCC)CC1CC(c2ccc(CO)cc2)OC(c2cccc(-c3cccc(CNC(=O)CCCCCCC(=O)NO)c3)c2)O1. The van der Waals surface area contributed by atoms with Crippen molar-refractivity contribution in [2.45, 2.75) is 167 Å².